The van der Waals surface area contributed by atoms with Gasteiger partial charge in [-0.2, -0.15) is 0 Å². The SMILES string of the molecule is C1CC2(CO2)C12CO2. The first-order valence-corrected chi connectivity index (χ1v) is 3.15. The number of rotatable bonds is 0. The molecule has 2 heterocycles. The van der Waals surface area contributed by atoms with Gasteiger partial charge in [-0.3, -0.25) is 0 Å². The molecule has 44 valence electrons. The predicted octanol–water partition coefficient (Wildman–Crippen LogP) is 0.318. The molecule has 2 heteroatoms. The minimum absolute atomic E-state index is 0.257. The normalized spacial score (nSPS) is 66.0. The molecular weight excluding hydrogens is 104 g/mol. The third kappa shape index (κ3) is 0.213. The summed E-state index contributed by atoms with van der Waals surface area (Å²) in [6.07, 6.45) is 2.49. The lowest BCUT2D eigenvalue weighted by molar-refractivity contribution is 0.0618. The van der Waals surface area contributed by atoms with Crippen LogP contribution in [0.15, 0.2) is 0 Å². The van der Waals surface area contributed by atoms with Crippen molar-refractivity contribution in [1.82, 2.24) is 0 Å². The van der Waals surface area contributed by atoms with Crippen LogP contribution in [-0.2, 0) is 9.47 Å². The fourth-order valence-electron chi connectivity index (χ4n) is 1.67. The Hall–Kier alpha value is -0.0800. The molecule has 2 aliphatic heterocycles. The molecule has 1 aliphatic carbocycles. The lowest BCUT2D eigenvalue weighted by Crippen LogP contribution is -2.44. The Morgan fingerprint density at radius 2 is 1.25 bits per heavy atom. The Morgan fingerprint density at radius 1 is 0.875 bits per heavy atom. The maximum absolute atomic E-state index is 5.28. The Bertz CT molecular complexity index is 127. The third-order valence-corrected chi connectivity index (χ3v) is 2.75. The van der Waals surface area contributed by atoms with Crippen molar-refractivity contribution < 1.29 is 9.47 Å². The van der Waals surface area contributed by atoms with Crippen molar-refractivity contribution in [2.45, 2.75) is 24.0 Å². The fourth-order valence-corrected chi connectivity index (χ4v) is 1.67. The number of epoxide rings is 2. The van der Waals surface area contributed by atoms with Crippen LogP contribution in [0.2, 0.25) is 0 Å². The van der Waals surface area contributed by atoms with Gasteiger partial charge in [-0.1, -0.05) is 0 Å². The summed E-state index contributed by atoms with van der Waals surface area (Å²) in [4.78, 5) is 0. The van der Waals surface area contributed by atoms with Crippen molar-refractivity contribution in [3.63, 3.8) is 0 Å². The molecule has 2 nitrogen and oxygen atoms in total. The highest BCUT2D eigenvalue weighted by Crippen LogP contribution is 2.62. The topological polar surface area (TPSA) is 25.1 Å². The molecular formula is C6H8O2. The minimum Gasteiger partial charge on any atom is -0.366 e. The summed E-state index contributed by atoms with van der Waals surface area (Å²) < 4.78 is 10.6. The fraction of sp³-hybridized carbons (Fsp3) is 1.00. The van der Waals surface area contributed by atoms with E-state index in [2.05, 4.69) is 0 Å². The Labute approximate surface area is 47.8 Å². The Kier molecular flexibility index (Phi) is 0.364. The first kappa shape index (κ1) is 3.85. The van der Waals surface area contributed by atoms with E-state index in [9.17, 15) is 0 Å². The molecule has 0 aromatic rings. The number of hydrogen-bond donors (Lipinski definition) is 0. The maximum Gasteiger partial charge on any atom is 0.123 e. The van der Waals surface area contributed by atoms with Gasteiger partial charge in [0, 0.05) is 0 Å². The first-order valence-electron chi connectivity index (χ1n) is 3.15. The Morgan fingerprint density at radius 3 is 1.38 bits per heavy atom. The summed E-state index contributed by atoms with van der Waals surface area (Å²) in [5.74, 6) is 0. The van der Waals surface area contributed by atoms with E-state index in [1.165, 1.54) is 12.8 Å². The Balaban J connectivity index is 2.00. The zero-order chi connectivity index (χ0) is 5.24. The first-order chi connectivity index (χ1) is 3.87. The quantitative estimate of drug-likeness (QED) is 0.421. The van der Waals surface area contributed by atoms with Crippen LogP contribution in [0.4, 0.5) is 0 Å². The summed E-state index contributed by atoms with van der Waals surface area (Å²) in [5.41, 5.74) is 0.514. The molecule has 2 atom stereocenters. The van der Waals surface area contributed by atoms with E-state index in [-0.39, 0.29) is 11.2 Å². The monoisotopic (exact) mass is 112 g/mol. The molecule has 0 amide bonds. The van der Waals surface area contributed by atoms with Gasteiger partial charge in [0.15, 0.2) is 0 Å². The van der Waals surface area contributed by atoms with Crippen LogP contribution in [0.3, 0.4) is 0 Å². The van der Waals surface area contributed by atoms with Crippen LogP contribution in [0.1, 0.15) is 12.8 Å². The van der Waals surface area contributed by atoms with Gasteiger partial charge in [0.25, 0.3) is 0 Å². The van der Waals surface area contributed by atoms with E-state index in [0.717, 1.165) is 13.2 Å². The van der Waals surface area contributed by atoms with E-state index < -0.39 is 0 Å². The zero-order valence-electron chi connectivity index (χ0n) is 4.64. The smallest absolute Gasteiger partial charge is 0.123 e. The zero-order valence-corrected chi connectivity index (χ0v) is 4.64. The summed E-state index contributed by atoms with van der Waals surface area (Å²) in [6.45, 7) is 1.93. The van der Waals surface area contributed by atoms with Gasteiger partial charge in [0.05, 0.1) is 13.2 Å². The van der Waals surface area contributed by atoms with Gasteiger partial charge >= 0.3 is 0 Å². The standard InChI is InChI=1S/C6H8O2/c1-2-6(4-8-6)5(1)3-7-5/h1-4H2. The van der Waals surface area contributed by atoms with Crippen molar-refractivity contribution >= 4 is 0 Å². The lowest BCUT2D eigenvalue weighted by atomic mass is 9.74. The van der Waals surface area contributed by atoms with E-state index >= 15 is 0 Å². The third-order valence-electron chi connectivity index (χ3n) is 2.75. The molecule has 3 aliphatic rings. The van der Waals surface area contributed by atoms with Gasteiger partial charge < -0.3 is 9.47 Å². The molecule has 0 aromatic carbocycles. The van der Waals surface area contributed by atoms with E-state index in [1.54, 1.807) is 0 Å². The molecule has 8 heavy (non-hydrogen) atoms. The van der Waals surface area contributed by atoms with Crippen LogP contribution in [0.25, 0.3) is 0 Å². The molecule has 1 saturated carbocycles. The molecule has 2 unspecified atom stereocenters. The average molecular weight is 112 g/mol. The van der Waals surface area contributed by atoms with Gasteiger partial charge in [-0.05, 0) is 12.8 Å². The van der Waals surface area contributed by atoms with Gasteiger partial charge in [0.1, 0.15) is 11.2 Å². The van der Waals surface area contributed by atoms with Crippen molar-refractivity contribution in [3.05, 3.63) is 0 Å². The van der Waals surface area contributed by atoms with Crippen molar-refractivity contribution in [2.75, 3.05) is 13.2 Å². The molecule has 2 saturated heterocycles. The largest absolute Gasteiger partial charge is 0.366 e. The van der Waals surface area contributed by atoms with E-state index in [0.29, 0.717) is 0 Å². The molecule has 3 rings (SSSR count). The van der Waals surface area contributed by atoms with Crippen molar-refractivity contribution in [1.29, 1.82) is 0 Å². The molecule has 0 N–H and O–H groups in total. The molecule has 0 bridgehead atoms. The highest BCUT2D eigenvalue weighted by molar-refractivity contribution is 5.24. The van der Waals surface area contributed by atoms with Gasteiger partial charge in [-0.25, -0.2) is 0 Å². The minimum atomic E-state index is 0.257. The lowest BCUT2D eigenvalue weighted by Gasteiger charge is -2.30. The summed E-state index contributed by atoms with van der Waals surface area (Å²) in [5, 5.41) is 0. The van der Waals surface area contributed by atoms with Gasteiger partial charge in [0.2, 0.25) is 0 Å². The van der Waals surface area contributed by atoms with Crippen molar-refractivity contribution in [3.8, 4) is 0 Å². The average Bonchev–Trinajstić information content (AvgIpc) is 2.62. The highest BCUT2D eigenvalue weighted by Gasteiger charge is 2.75. The van der Waals surface area contributed by atoms with Crippen LogP contribution in [0.5, 0.6) is 0 Å². The van der Waals surface area contributed by atoms with Crippen LogP contribution in [0, 0.1) is 0 Å². The number of ether oxygens (including phenoxy) is 2. The molecule has 2 spiro atoms. The second kappa shape index (κ2) is 0.755. The summed E-state index contributed by atoms with van der Waals surface area (Å²) in [6, 6.07) is 0. The predicted molar refractivity (Wildman–Crippen MR) is 26.6 cm³/mol. The van der Waals surface area contributed by atoms with Crippen molar-refractivity contribution in [2.24, 2.45) is 0 Å². The highest BCUT2D eigenvalue weighted by atomic mass is 16.7. The molecule has 0 aromatic heterocycles. The second-order valence-corrected chi connectivity index (χ2v) is 3.07. The number of fused-ring (bicyclic) bond motifs is 1. The summed E-state index contributed by atoms with van der Waals surface area (Å²) in [7, 11) is 0. The summed E-state index contributed by atoms with van der Waals surface area (Å²) >= 11 is 0. The van der Waals surface area contributed by atoms with Crippen LogP contribution >= 0.6 is 0 Å². The van der Waals surface area contributed by atoms with E-state index in [1.807, 2.05) is 0 Å². The molecule has 0 radical (unpaired) electrons. The number of hydrogen-bond acceptors (Lipinski definition) is 2. The van der Waals surface area contributed by atoms with Crippen LogP contribution < -0.4 is 0 Å². The van der Waals surface area contributed by atoms with E-state index in [4.69, 9.17) is 9.47 Å². The second-order valence-electron chi connectivity index (χ2n) is 3.07. The molecule has 3 fully saturated rings. The van der Waals surface area contributed by atoms with Gasteiger partial charge in [-0.15, -0.1) is 0 Å². The van der Waals surface area contributed by atoms with Crippen LogP contribution in [-0.4, -0.2) is 24.4 Å². The maximum atomic E-state index is 5.28.